The SMILES string of the molecule is CC1CCCN(CC2(C(=O)O)CCCCCC2)C1C. The quantitative estimate of drug-likeness (QED) is 0.795. The molecule has 0 bridgehead atoms. The summed E-state index contributed by atoms with van der Waals surface area (Å²) in [4.78, 5) is 14.3. The Morgan fingerprint density at radius 3 is 2.37 bits per heavy atom. The molecule has 0 spiro atoms. The zero-order valence-electron chi connectivity index (χ0n) is 12.5. The van der Waals surface area contributed by atoms with Crippen LogP contribution in [-0.4, -0.2) is 35.1 Å². The van der Waals surface area contributed by atoms with Crippen LogP contribution in [-0.2, 0) is 4.79 Å². The monoisotopic (exact) mass is 267 g/mol. The van der Waals surface area contributed by atoms with Crippen LogP contribution in [0, 0.1) is 11.3 Å². The third-order valence-electron chi connectivity index (χ3n) is 5.52. The van der Waals surface area contributed by atoms with Crippen LogP contribution >= 0.6 is 0 Å². The summed E-state index contributed by atoms with van der Waals surface area (Å²) in [5.41, 5.74) is -0.470. The molecular formula is C16H29NO2. The topological polar surface area (TPSA) is 40.5 Å². The largest absolute Gasteiger partial charge is 0.481 e. The summed E-state index contributed by atoms with van der Waals surface area (Å²) in [5.74, 6) is 0.144. The van der Waals surface area contributed by atoms with E-state index in [2.05, 4.69) is 18.7 Å². The molecule has 1 aliphatic carbocycles. The second-order valence-corrected chi connectivity index (χ2v) is 6.83. The van der Waals surface area contributed by atoms with E-state index in [4.69, 9.17) is 0 Å². The Morgan fingerprint density at radius 2 is 1.79 bits per heavy atom. The third-order valence-corrected chi connectivity index (χ3v) is 5.52. The zero-order chi connectivity index (χ0) is 13.9. The van der Waals surface area contributed by atoms with E-state index in [0.717, 1.165) is 38.8 Å². The number of hydrogen-bond donors (Lipinski definition) is 1. The number of hydrogen-bond acceptors (Lipinski definition) is 2. The van der Waals surface area contributed by atoms with E-state index in [1.54, 1.807) is 0 Å². The Hall–Kier alpha value is -0.570. The molecule has 0 aromatic carbocycles. The van der Waals surface area contributed by atoms with Gasteiger partial charge in [0.05, 0.1) is 5.41 Å². The van der Waals surface area contributed by atoms with Crippen LogP contribution in [0.2, 0.25) is 0 Å². The van der Waals surface area contributed by atoms with E-state index in [0.29, 0.717) is 12.0 Å². The number of piperidine rings is 1. The van der Waals surface area contributed by atoms with Crippen LogP contribution in [0.5, 0.6) is 0 Å². The number of carboxylic acids is 1. The summed E-state index contributed by atoms with van der Waals surface area (Å²) in [5, 5.41) is 9.77. The molecule has 1 saturated carbocycles. The minimum Gasteiger partial charge on any atom is -0.481 e. The van der Waals surface area contributed by atoms with Gasteiger partial charge in [-0.1, -0.05) is 32.6 Å². The van der Waals surface area contributed by atoms with Gasteiger partial charge in [-0.2, -0.15) is 0 Å². The lowest BCUT2D eigenvalue weighted by atomic mass is 9.78. The highest BCUT2D eigenvalue weighted by Gasteiger charge is 2.41. The van der Waals surface area contributed by atoms with Crippen molar-refractivity contribution in [1.82, 2.24) is 4.90 Å². The predicted molar refractivity (Wildman–Crippen MR) is 77.2 cm³/mol. The van der Waals surface area contributed by atoms with Crippen LogP contribution in [0.3, 0.4) is 0 Å². The maximum atomic E-state index is 11.9. The lowest BCUT2D eigenvalue weighted by molar-refractivity contribution is -0.152. The maximum Gasteiger partial charge on any atom is 0.310 e. The van der Waals surface area contributed by atoms with Crippen LogP contribution < -0.4 is 0 Å². The van der Waals surface area contributed by atoms with Gasteiger partial charge in [-0.05, 0) is 45.1 Å². The first-order valence-corrected chi connectivity index (χ1v) is 8.03. The van der Waals surface area contributed by atoms with Crippen LogP contribution in [0.4, 0.5) is 0 Å². The molecule has 19 heavy (non-hydrogen) atoms. The van der Waals surface area contributed by atoms with Gasteiger partial charge in [-0.25, -0.2) is 0 Å². The molecule has 1 N–H and O–H groups in total. The summed E-state index contributed by atoms with van der Waals surface area (Å²) in [6.45, 7) is 6.43. The Kier molecular flexibility index (Phi) is 4.88. The van der Waals surface area contributed by atoms with Crippen molar-refractivity contribution in [3.05, 3.63) is 0 Å². The molecule has 2 aliphatic rings. The summed E-state index contributed by atoms with van der Waals surface area (Å²) >= 11 is 0. The van der Waals surface area contributed by atoms with Crippen molar-refractivity contribution in [2.45, 2.75) is 71.3 Å². The average molecular weight is 267 g/mol. The highest BCUT2D eigenvalue weighted by molar-refractivity contribution is 5.75. The summed E-state index contributed by atoms with van der Waals surface area (Å²) in [7, 11) is 0. The first kappa shape index (κ1) is 14.8. The van der Waals surface area contributed by atoms with Gasteiger partial charge < -0.3 is 5.11 Å². The Morgan fingerprint density at radius 1 is 1.16 bits per heavy atom. The summed E-state index contributed by atoms with van der Waals surface area (Å²) in [6.07, 6.45) is 8.86. The molecule has 2 fully saturated rings. The normalized spacial score (nSPS) is 32.7. The Bertz CT molecular complexity index is 308. The fourth-order valence-electron chi connectivity index (χ4n) is 3.88. The van der Waals surface area contributed by atoms with Crippen LogP contribution in [0.1, 0.15) is 65.2 Å². The molecule has 1 aliphatic heterocycles. The lowest BCUT2D eigenvalue weighted by Crippen LogP contribution is -2.50. The smallest absolute Gasteiger partial charge is 0.310 e. The molecule has 0 aromatic rings. The van der Waals surface area contributed by atoms with E-state index < -0.39 is 11.4 Å². The first-order chi connectivity index (χ1) is 9.05. The fourth-order valence-corrected chi connectivity index (χ4v) is 3.88. The summed E-state index contributed by atoms with van der Waals surface area (Å²) < 4.78 is 0. The highest BCUT2D eigenvalue weighted by Crippen LogP contribution is 2.38. The van der Waals surface area contributed by atoms with Crippen molar-refractivity contribution in [3.63, 3.8) is 0 Å². The van der Waals surface area contributed by atoms with Gasteiger partial charge in [0.25, 0.3) is 0 Å². The molecule has 2 rings (SSSR count). The fraction of sp³-hybridized carbons (Fsp3) is 0.938. The first-order valence-electron chi connectivity index (χ1n) is 8.03. The number of rotatable bonds is 3. The number of nitrogens with zero attached hydrogens (tertiary/aromatic N) is 1. The summed E-state index contributed by atoms with van der Waals surface area (Å²) in [6, 6.07) is 0.535. The van der Waals surface area contributed by atoms with Crippen LogP contribution in [0.25, 0.3) is 0 Å². The van der Waals surface area contributed by atoms with Gasteiger partial charge in [0.1, 0.15) is 0 Å². The molecule has 2 atom stereocenters. The standard InChI is InChI=1S/C16H29NO2/c1-13-8-7-11-17(14(13)2)12-16(15(18)19)9-5-3-4-6-10-16/h13-14H,3-12H2,1-2H3,(H,18,19). The van der Waals surface area contributed by atoms with Gasteiger partial charge in [-0.15, -0.1) is 0 Å². The maximum absolute atomic E-state index is 11.9. The van der Waals surface area contributed by atoms with Crippen molar-refractivity contribution in [2.75, 3.05) is 13.1 Å². The number of carbonyl (C=O) groups is 1. The Balaban J connectivity index is 2.09. The minimum atomic E-state index is -0.556. The van der Waals surface area contributed by atoms with Crippen molar-refractivity contribution in [3.8, 4) is 0 Å². The zero-order valence-corrected chi connectivity index (χ0v) is 12.5. The van der Waals surface area contributed by atoms with Crippen molar-refractivity contribution >= 4 is 5.97 Å². The Labute approximate surface area is 117 Å². The molecular weight excluding hydrogens is 238 g/mol. The molecule has 110 valence electrons. The molecule has 1 heterocycles. The second-order valence-electron chi connectivity index (χ2n) is 6.83. The minimum absolute atomic E-state index is 0.470. The van der Waals surface area contributed by atoms with Gasteiger partial charge in [0.2, 0.25) is 0 Å². The van der Waals surface area contributed by atoms with Crippen molar-refractivity contribution in [1.29, 1.82) is 0 Å². The molecule has 0 amide bonds. The van der Waals surface area contributed by atoms with Crippen molar-refractivity contribution < 1.29 is 9.90 Å². The van der Waals surface area contributed by atoms with E-state index in [-0.39, 0.29) is 0 Å². The highest BCUT2D eigenvalue weighted by atomic mass is 16.4. The van der Waals surface area contributed by atoms with Crippen LogP contribution in [0.15, 0.2) is 0 Å². The van der Waals surface area contributed by atoms with Gasteiger partial charge in [0.15, 0.2) is 0 Å². The van der Waals surface area contributed by atoms with Gasteiger partial charge >= 0.3 is 5.97 Å². The predicted octanol–water partition coefficient (Wildman–Crippen LogP) is 3.53. The molecule has 1 saturated heterocycles. The van der Waals surface area contributed by atoms with E-state index in [1.165, 1.54) is 25.7 Å². The van der Waals surface area contributed by atoms with E-state index in [1.807, 2.05) is 0 Å². The van der Waals surface area contributed by atoms with Crippen molar-refractivity contribution in [2.24, 2.45) is 11.3 Å². The third kappa shape index (κ3) is 3.31. The molecule has 3 heteroatoms. The molecule has 0 aromatic heterocycles. The van der Waals surface area contributed by atoms with E-state index >= 15 is 0 Å². The van der Waals surface area contributed by atoms with Gasteiger partial charge in [-0.3, -0.25) is 9.69 Å². The average Bonchev–Trinajstić information content (AvgIpc) is 2.62. The number of carboxylic acid groups (broad SMARTS) is 1. The van der Waals surface area contributed by atoms with E-state index in [9.17, 15) is 9.90 Å². The second kappa shape index (κ2) is 6.25. The molecule has 2 unspecified atom stereocenters. The molecule has 3 nitrogen and oxygen atoms in total. The van der Waals surface area contributed by atoms with Gasteiger partial charge in [0, 0.05) is 12.6 Å². The number of aliphatic carboxylic acids is 1. The lowest BCUT2D eigenvalue weighted by Gasteiger charge is -2.42. The number of likely N-dealkylation sites (tertiary alicyclic amines) is 1. The molecule has 0 radical (unpaired) electrons.